The van der Waals surface area contributed by atoms with Crippen molar-refractivity contribution in [2.75, 3.05) is 115 Å². The van der Waals surface area contributed by atoms with Crippen LogP contribution in [0.4, 0.5) is 0 Å². The van der Waals surface area contributed by atoms with Crippen molar-refractivity contribution in [2.24, 2.45) is 11.3 Å². The lowest BCUT2D eigenvalue weighted by Gasteiger charge is -2.48. The molecule has 0 spiro atoms. The van der Waals surface area contributed by atoms with Crippen LogP contribution < -0.4 is 10.6 Å². The van der Waals surface area contributed by atoms with E-state index in [9.17, 15) is 112 Å². The zero-order valence-corrected chi connectivity index (χ0v) is 55.5. The predicted molar refractivity (Wildman–Crippen MR) is 332 cm³/mol. The number of rotatable bonds is 37. The molecular weight excluding hydrogens is 1360 g/mol. The first-order chi connectivity index (χ1) is 44.7. The second-order valence-electron chi connectivity index (χ2n) is 23.8. The van der Waals surface area contributed by atoms with Crippen molar-refractivity contribution >= 4 is 64.4 Å². The van der Waals surface area contributed by atoms with Crippen molar-refractivity contribution < 1.29 is 164 Å². The topological polar surface area (TPSA) is 571 Å². The van der Waals surface area contributed by atoms with Crippen LogP contribution in [0, 0.1) is 11.3 Å². The molecule has 6 rings (SSSR count). The lowest BCUT2D eigenvalue weighted by molar-refractivity contribution is -0.421. The zero-order chi connectivity index (χ0) is 69.2. The van der Waals surface area contributed by atoms with E-state index in [1.807, 2.05) is 0 Å². The average Bonchev–Trinajstić information content (AvgIpc) is 0.777. The van der Waals surface area contributed by atoms with E-state index in [4.69, 9.17) is 64.3 Å². The van der Waals surface area contributed by atoms with Gasteiger partial charge in [-0.15, -0.1) is 35.3 Å². The first-order valence-corrected chi connectivity index (χ1v) is 35.5. The first-order valence-electron chi connectivity index (χ1n) is 30.8. The fraction of sp³-hybridized carbons (Fsp3) is 0.981. The first kappa shape index (κ1) is 82.7. The monoisotopic (exact) mass is 1460 g/mol. The third-order valence-electron chi connectivity index (χ3n) is 16.8. The molecular formula is C54H98N2O33S5. The van der Waals surface area contributed by atoms with Gasteiger partial charge in [0.2, 0.25) is 12.1 Å². The SMILES string of the molecule is C[C@H]1C(CSCCNC(=S)NCC(COCCCS[C@@H]2OC(CO)[C@H](O)[C@H](O)C2O)(COCCCS[C@@H]2OC(CO)[C@H](O)[C@H](O)C2O)COCCCS[C@@H]2OC(CO)[C@H](O[C@@H]3OC(CO)[C@H](O)[C@H](O)C3(O)O)[C@H](O)C2O)O[C@@H](O[C@H]2C(CO)O[C@@H](O)C(O)[C@H]2O)C(O)[C@H]1O. The average molecular weight is 1460 g/mol. The molecule has 0 aliphatic carbocycles. The van der Waals surface area contributed by atoms with Gasteiger partial charge in [-0.3, -0.25) is 0 Å². The third-order valence-corrected chi connectivity index (χ3v) is 21.8. The number of nitrogens with one attached hydrogen (secondary N) is 2. The summed E-state index contributed by atoms with van der Waals surface area (Å²) in [6.07, 6.45) is -38.1. The van der Waals surface area contributed by atoms with Gasteiger partial charge in [0.25, 0.3) is 0 Å². The highest BCUT2D eigenvalue weighted by atomic mass is 32.2. The maximum absolute atomic E-state index is 11.2. The van der Waals surface area contributed by atoms with Crippen molar-refractivity contribution in [2.45, 2.75) is 201 Å². The van der Waals surface area contributed by atoms with Gasteiger partial charge in [0.05, 0.1) is 70.5 Å². The van der Waals surface area contributed by atoms with Gasteiger partial charge in [0.1, 0.15) is 138 Å². The largest absolute Gasteiger partial charge is 0.394 e. The minimum Gasteiger partial charge on any atom is -0.394 e. The molecule has 0 aromatic rings. The van der Waals surface area contributed by atoms with Crippen molar-refractivity contribution in [1.29, 1.82) is 0 Å². The number of hydrogen-bond donors (Lipinski definition) is 24. The maximum Gasteiger partial charge on any atom is 0.245 e. The number of aliphatic hydroxyl groups is 22. The smallest absolute Gasteiger partial charge is 0.245 e. The Labute approximate surface area is 564 Å². The van der Waals surface area contributed by atoms with Gasteiger partial charge >= 0.3 is 0 Å². The predicted octanol–water partition coefficient (Wildman–Crippen LogP) is -11.0. The highest BCUT2D eigenvalue weighted by Crippen LogP contribution is 2.38. The molecule has 0 saturated carbocycles. The molecule has 6 heterocycles. The maximum atomic E-state index is 11.2. The van der Waals surface area contributed by atoms with Crippen molar-refractivity contribution in [3.05, 3.63) is 0 Å². The van der Waals surface area contributed by atoms with Crippen molar-refractivity contribution in [3.8, 4) is 0 Å². The molecule has 6 fully saturated rings. The van der Waals surface area contributed by atoms with E-state index in [1.165, 1.54) is 11.8 Å². The van der Waals surface area contributed by atoms with E-state index in [0.29, 0.717) is 43.1 Å². The van der Waals surface area contributed by atoms with Crippen LogP contribution in [0.2, 0.25) is 0 Å². The summed E-state index contributed by atoms with van der Waals surface area (Å²) in [6, 6.07) is 0. The summed E-state index contributed by atoms with van der Waals surface area (Å²) in [7, 11) is 0. The van der Waals surface area contributed by atoms with E-state index >= 15 is 0 Å². The van der Waals surface area contributed by atoms with Gasteiger partial charge in [-0.2, -0.15) is 11.8 Å². The third kappa shape index (κ3) is 21.9. The number of aliphatic hydroxyl groups excluding tert-OH is 20. The summed E-state index contributed by atoms with van der Waals surface area (Å²) in [6.45, 7) is -1.32. The molecule has 35 nitrogen and oxygen atoms in total. The van der Waals surface area contributed by atoms with Gasteiger partial charge in [0.15, 0.2) is 17.7 Å². The Morgan fingerprint density at radius 3 is 1.38 bits per heavy atom. The second-order valence-corrected chi connectivity index (χ2v) is 29.0. The molecule has 24 N–H and O–H groups in total. The summed E-state index contributed by atoms with van der Waals surface area (Å²) < 4.78 is 63.8. The number of ether oxygens (including phenoxy) is 11. The van der Waals surface area contributed by atoms with E-state index in [2.05, 4.69) is 10.6 Å². The van der Waals surface area contributed by atoms with E-state index < -0.39 is 220 Å². The van der Waals surface area contributed by atoms with E-state index in [-0.39, 0.29) is 62.8 Å². The molecule has 0 aromatic heterocycles. The molecule has 11 unspecified atom stereocenters. The van der Waals surface area contributed by atoms with Crippen molar-refractivity contribution in [1.82, 2.24) is 10.6 Å². The Morgan fingerprint density at radius 1 is 0.457 bits per heavy atom. The van der Waals surface area contributed by atoms with Crippen LogP contribution in [0.15, 0.2) is 0 Å². The molecule has 94 heavy (non-hydrogen) atoms. The number of thioether (sulfide) groups is 4. The van der Waals surface area contributed by atoms with Crippen LogP contribution in [0.5, 0.6) is 0 Å². The molecule has 6 saturated heterocycles. The minimum atomic E-state index is -3.27. The van der Waals surface area contributed by atoms with Crippen LogP contribution in [0.3, 0.4) is 0 Å². The molecule has 0 amide bonds. The summed E-state index contributed by atoms with van der Waals surface area (Å²) in [4.78, 5) is 0. The minimum absolute atomic E-state index is 0.0239. The molecule has 6 aliphatic heterocycles. The quantitative estimate of drug-likeness (QED) is 0.0156. The molecule has 552 valence electrons. The number of thiocarbonyl (C=S) groups is 1. The van der Waals surface area contributed by atoms with Gasteiger partial charge < -0.3 is 175 Å². The Kier molecular flexibility index (Phi) is 35.2. The fourth-order valence-corrected chi connectivity index (χ4v) is 15.4. The van der Waals surface area contributed by atoms with E-state index in [0.717, 1.165) is 35.3 Å². The Balaban J connectivity index is 1.08. The Hall–Kier alpha value is -0.230. The van der Waals surface area contributed by atoms with Crippen LogP contribution in [0.25, 0.3) is 0 Å². The normalized spacial score (nSPS) is 41.8. The lowest BCUT2D eigenvalue weighted by atomic mass is 9.90. The lowest BCUT2D eigenvalue weighted by Crippen LogP contribution is -2.69. The second kappa shape index (κ2) is 40.0. The van der Waals surface area contributed by atoms with Gasteiger partial charge in [-0.05, 0) is 48.7 Å². The highest BCUT2D eigenvalue weighted by molar-refractivity contribution is 8.00. The zero-order valence-electron chi connectivity index (χ0n) is 51.5. The highest BCUT2D eigenvalue weighted by Gasteiger charge is 2.58. The summed E-state index contributed by atoms with van der Waals surface area (Å²) in [5, 5.41) is 234. The standard InChI is InChI=1S/C54H98N2O33S5/c1-23-29(83-47(39(71)30(23)62)88-43-27(16-60)82-46(76)38(70)36(43)68)18-91-12-5-55-52(90)56-19-53(20-79-6-2-9-92-48-40(72)34(66)31(63)24(13-57)84-48,21-80-7-3-10-93-49-41(73)35(67)32(64)25(14-58)85-49)22-81-8-4-11-94-50-42(74)37(69)44(28(17-61)86-50)89-51-54(77,78)45(75)33(65)26(15-59)87-51/h23-51,57-78H,2-22H2,1H3,(H2,55,56,90)/t23-,24?,25?,26?,27?,28?,29?,30-,31-,32-,33-,34-,35-,36+,37+,38?,39?,40?,41?,42?,43-,44-,45-,46+,47-,48-,49-,50-,51-,53?/m0/s1. The molecule has 6 aliphatic rings. The van der Waals surface area contributed by atoms with Gasteiger partial charge in [-0.25, -0.2) is 0 Å². The van der Waals surface area contributed by atoms with Crippen LogP contribution >= 0.6 is 59.3 Å². The Bertz CT molecular complexity index is 2110. The Morgan fingerprint density at radius 2 is 0.894 bits per heavy atom. The van der Waals surface area contributed by atoms with Crippen molar-refractivity contribution in [3.63, 3.8) is 0 Å². The van der Waals surface area contributed by atoms with Crippen LogP contribution in [-0.4, -0.2) is 407 Å². The summed E-state index contributed by atoms with van der Waals surface area (Å²) in [5.74, 6) is -2.27. The summed E-state index contributed by atoms with van der Waals surface area (Å²) in [5.41, 5.74) is -4.17. The molecule has 29 atom stereocenters. The number of hydrogen-bond acceptors (Lipinski definition) is 38. The molecule has 0 radical (unpaired) electrons. The van der Waals surface area contributed by atoms with E-state index in [1.54, 1.807) is 6.92 Å². The van der Waals surface area contributed by atoms with Crippen LogP contribution in [-0.2, 0) is 52.1 Å². The molecule has 0 bridgehead atoms. The van der Waals surface area contributed by atoms with Gasteiger partial charge in [0, 0.05) is 50.3 Å². The van der Waals surface area contributed by atoms with Crippen LogP contribution in [0.1, 0.15) is 26.2 Å². The molecule has 0 aromatic carbocycles. The fourth-order valence-electron chi connectivity index (χ4n) is 10.9. The van der Waals surface area contributed by atoms with Gasteiger partial charge in [-0.1, -0.05) is 6.92 Å². The molecule has 40 heteroatoms. The summed E-state index contributed by atoms with van der Waals surface area (Å²) >= 11 is 10.5.